The molecule has 0 bridgehead atoms. The molecule has 0 unspecified atom stereocenters. The molecule has 0 saturated carbocycles. The highest BCUT2D eigenvalue weighted by Gasteiger charge is 2.26. The highest BCUT2D eigenvalue weighted by molar-refractivity contribution is 4.82. The first-order chi connectivity index (χ1) is 7.90. The molecular formula is C14H28N2. The molecule has 0 aromatic rings. The van der Waals surface area contributed by atoms with Crippen LogP contribution in [0.25, 0.3) is 0 Å². The summed E-state index contributed by atoms with van der Waals surface area (Å²) in [6.07, 6.45) is 9.93. The second kappa shape index (κ2) is 6.61. The van der Waals surface area contributed by atoms with Gasteiger partial charge in [0, 0.05) is 12.6 Å². The minimum Gasteiger partial charge on any atom is -0.302 e. The minimum absolute atomic E-state index is 0.879. The van der Waals surface area contributed by atoms with Crippen LogP contribution < -0.4 is 0 Å². The quantitative estimate of drug-likeness (QED) is 0.708. The molecule has 0 N–H and O–H groups in total. The van der Waals surface area contributed by atoms with Gasteiger partial charge < -0.3 is 4.90 Å². The summed E-state index contributed by atoms with van der Waals surface area (Å²) >= 11 is 0. The van der Waals surface area contributed by atoms with Crippen molar-refractivity contribution >= 4 is 0 Å². The average molecular weight is 224 g/mol. The van der Waals surface area contributed by atoms with E-state index in [1.54, 1.807) is 0 Å². The van der Waals surface area contributed by atoms with Crippen LogP contribution in [0, 0.1) is 0 Å². The lowest BCUT2D eigenvalue weighted by Gasteiger charge is -2.33. The highest BCUT2D eigenvalue weighted by Crippen LogP contribution is 2.20. The maximum atomic E-state index is 2.75. The van der Waals surface area contributed by atoms with E-state index in [0.717, 1.165) is 6.04 Å². The number of hydrogen-bond donors (Lipinski definition) is 0. The van der Waals surface area contributed by atoms with Gasteiger partial charge in [0.05, 0.1) is 0 Å². The molecule has 2 aliphatic rings. The Morgan fingerprint density at radius 1 is 1.00 bits per heavy atom. The van der Waals surface area contributed by atoms with Crippen LogP contribution in [0.1, 0.15) is 51.9 Å². The molecule has 0 aliphatic carbocycles. The fourth-order valence-electron chi connectivity index (χ4n) is 3.20. The van der Waals surface area contributed by atoms with E-state index in [-0.39, 0.29) is 0 Å². The zero-order valence-electron chi connectivity index (χ0n) is 11.0. The van der Waals surface area contributed by atoms with Gasteiger partial charge in [0.25, 0.3) is 0 Å². The molecule has 2 fully saturated rings. The maximum absolute atomic E-state index is 2.75. The minimum atomic E-state index is 0.879. The second-order valence-electron chi connectivity index (χ2n) is 5.55. The SMILES string of the molecule is CCCCN1CCC[C@H]1CN1CCCCC1. The van der Waals surface area contributed by atoms with Gasteiger partial charge in [-0.15, -0.1) is 0 Å². The average Bonchev–Trinajstić information content (AvgIpc) is 2.75. The largest absolute Gasteiger partial charge is 0.302 e. The van der Waals surface area contributed by atoms with Gasteiger partial charge in [-0.1, -0.05) is 19.8 Å². The summed E-state index contributed by atoms with van der Waals surface area (Å²) in [5.74, 6) is 0. The number of piperidine rings is 1. The Morgan fingerprint density at radius 3 is 2.56 bits per heavy atom. The van der Waals surface area contributed by atoms with Crippen LogP contribution in [0.5, 0.6) is 0 Å². The number of hydrogen-bond acceptors (Lipinski definition) is 2. The molecule has 2 aliphatic heterocycles. The van der Waals surface area contributed by atoms with Crippen molar-refractivity contribution in [3.05, 3.63) is 0 Å². The number of rotatable bonds is 5. The zero-order valence-corrected chi connectivity index (χ0v) is 11.0. The summed E-state index contributed by atoms with van der Waals surface area (Å²) in [7, 11) is 0. The predicted molar refractivity (Wildman–Crippen MR) is 69.8 cm³/mol. The van der Waals surface area contributed by atoms with Crippen molar-refractivity contribution < 1.29 is 0 Å². The third kappa shape index (κ3) is 3.46. The van der Waals surface area contributed by atoms with Gasteiger partial charge in [-0.2, -0.15) is 0 Å². The smallest absolute Gasteiger partial charge is 0.0223 e. The van der Waals surface area contributed by atoms with Gasteiger partial charge in [-0.25, -0.2) is 0 Å². The van der Waals surface area contributed by atoms with Gasteiger partial charge in [-0.05, 0) is 58.3 Å². The molecular weight excluding hydrogens is 196 g/mol. The molecule has 2 nitrogen and oxygen atoms in total. The van der Waals surface area contributed by atoms with Gasteiger partial charge in [0.1, 0.15) is 0 Å². The van der Waals surface area contributed by atoms with E-state index in [2.05, 4.69) is 16.7 Å². The van der Waals surface area contributed by atoms with E-state index < -0.39 is 0 Å². The number of nitrogens with zero attached hydrogens (tertiary/aromatic N) is 2. The van der Waals surface area contributed by atoms with E-state index in [1.165, 1.54) is 77.7 Å². The van der Waals surface area contributed by atoms with Crippen LogP contribution in [-0.4, -0.2) is 48.6 Å². The first-order valence-electron chi connectivity index (χ1n) is 7.36. The fourth-order valence-corrected chi connectivity index (χ4v) is 3.20. The highest BCUT2D eigenvalue weighted by atomic mass is 15.2. The summed E-state index contributed by atoms with van der Waals surface area (Å²) in [6, 6.07) is 0.879. The number of likely N-dealkylation sites (tertiary alicyclic amines) is 2. The molecule has 0 amide bonds. The lowest BCUT2D eigenvalue weighted by atomic mass is 10.1. The zero-order chi connectivity index (χ0) is 11.2. The van der Waals surface area contributed by atoms with Crippen LogP contribution in [0.2, 0.25) is 0 Å². The normalized spacial score (nSPS) is 28.7. The van der Waals surface area contributed by atoms with Gasteiger partial charge in [0.2, 0.25) is 0 Å². The summed E-state index contributed by atoms with van der Waals surface area (Å²) in [5.41, 5.74) is 0. The third-order valence-electron chi connectivity index (χ3n) is 4.22. The fraction of sp³-hybridized carbons (Fsp3) is 1.00. The van der Waals surface area contributed by atoms with E-state index in [1.807, 2.05) is 0 Å². The molecule has 1 atom stereocenters. The number of unbranched alkanes of at least 4 members (excludes halogenated alkanes) is 1. The van der Waals surface area contributed by atoms with Crippen LogP contribution >= 0.6 is 0 Å². The molecule has 0 aromatic carbocycles. The van der Waals surface area contributed by atoms with Gasteiger partial charge in [-0.3, -0.25) is 4.90 Å². The summed E-state index contributed by atoms with van der Waals surface area (Å²) < 4.78 is 0. The van der Waals surface area contributed by atoms with Gasteiger partial charge in [0.15, 0.2) is 0 Å². The van der Waals surface area contributed by atoms with Crippen LogP contribution in [0.15, 0.2) is 0 Å². The molecule has 2 heterocycles. The van der Waals surface area contributed by atoms with E-state index in [0.29, 0.717) is 0 Å². The third-order valence-corrected chi connectivity index (χ3v) is 4.22. The molecule has 2 heteroatoms. The van der Waals surface area contributed by atoms with Crippen molar-refractivity contribution in [2.45, 2.75) is 57.9 Å². The Morgan fingerprint density at radius 2 is 1.81 bits per heavy atom. The molecule has 2 rings (SSSR count). The van der Waals surface area contributed by atoms with Crippen LogP contribution in [0.3, 0.4) is 0 Å². The molecule has 0 aromatic heterocycles. The second-order valence-corrected chi connectivity index (χ2v) is 5.55. The standard InChI is InChI=1S/C14H28N2/c1-2-3-11-16-12-7-8-14(16)13-15-9-5-4-6-10-15/h14H,2-13H2,1H3/t14-/m0/s1. The molecule has 16 heavy (non-hydrogen) atoms. The van der Waals surface area contributed by atoms with Crippen LogP contribution in [0.4, 0.5) is 0 Å². The Hall–Kier alpha value is -0.0800. The predicted octanol–water partition coefficient (Wildman–Crippen LogP) is 2.74. The Bertz CT molecular complexity index is 187. The van der Waals surface area contributed by atoms with Crippen molar-refractivity contribution in [2.75, 3.05) is 32.7 Å². The first kappa shape index (κ1) is 12.4. The molecule has 2 saturated heterocycles. The summed E-state index contributed by atoms with van der Waals surface area (Å²) in [5, 5.41) is 0. The van der Waals surface area contributed by atoms with Crippen molar-refractivity contribution in [1.29, 1.82) is 0 Å². The monoisotopic (exact) mass is 224 g/mol. The van der Waals surface area contributed by atoms with E-state index in [9.17, 15) is 0 Å². The van der Waals surface area contributed by atoms with E-state index >= 15 is 0 Å². The summed E-state index contributed by atoms with van der Waals surface area (Å²) in [6.45, 7) is 9.07. The maximum Gasteiger partial charge on any atom is 0.0223 e. The molecule has 0 radical (unpaired) electrons. The Kier molecular flexibility index (Phi) is 5.11. The lowest BCUT2D eigenvalue weighted by Crippen LogP contribution is -2.42. The Balaban J connectivity index is 1.73. The van der Waals surface area contributed by atoms with Crippen molar-refractivity contribution in [3.8, 4) is 0 Å². The summed E-state index contributed by atoms with van der Waals surface area (Å²) in [4.78, 5) is 5.45. The van der Waals surface area contributed by atoms with E-state index in [4.69, 9.17) is 0 Å². The first-order valence-corrected chi connectivity index (χ1v) is 7.36. The molecule has 94 valence electrons. The molecule has 0 spiro atoms. The van der Waals surface area contributed by atoms with Crippen LogP contribution in [-0.2, 0) is 0 Å². The van der Waals surface area contributed by atoms with Gasteiger partial charge >= 0.3 is 0 Å². The van der Waals surface area contributed by atoms with Crippen molar-refractivity contribution in [2.24, 2.45) is 0 Å². The van der Waals surface area contributed by atoms with Crippen molar-refractivity contribution in [3.63, 3.8) is 0 Å². The topological polar surface area (TPSA) is 6.48 Å². The lowest BCUT2D eigenvalue weighted by molar-refractivity contribution is 0.152. The Labute approximate surface area is 101 Å². The van der Waals surface area contributed by atoms with Crippen molar-refractivity contribution in [1.82, 2.24) is 9.80 Å².